The first-order valence-corrected chi connectivity index (χ1v) is 8.59. The van der Waals surface area contributed by atoms with Crippen molar-refractivity contribution in [3.8, 4) is 28.8 Å². The second-order valence-electron chi connectivity index (χ2n) is 5.14. The number of hydrogen-bond acceptors (Lipinski definition) is 6. The highest BCUT2D eigenvalue weighted by Crippen LogP contribution is 2.37. The summed E-state index contributed by atoms with van der Waals surface area (Å²) in [7, 11) is 3.14. The van der Waals surface area contributed by atoms with E-state index in [4.69, 9.17) is 9.47 Å². The topological polar surface area (TPSA) is 88.0 Å². The Morgan fingerprint density at radius 1 is 1.20 bits per heavy atom. The molecule has 0 aliphatic rings. The molecule has 7 heteroatoms. The molecule has 1 aromatic heterocycles. The molecule has 3 aromatic rings. The zero-order chi connectivity index (χ0) is 18.0. The summed E-state index contributed by atoms with van der Waals surface area (Å²) in [5.74, 6) is 1.23. The molecule has 0 fully saturated rings. The monoisotopic (exact) mass is 353 g/mol. The van der Waals surface area contributed by atoms with Crippen molar-refractivity contribution < 1.29 is 9.47 Å². The molecule has 0 atom stereocenters. The first-order chi connectivity index (χ1) is 12.1. The van der Waals surface area contributed by atoms with Crippen LogP contribution in [0.3, 0.4) is 0 Å². The first-order valence-electron chi connectivity index (χ1n) is 7.36. The van der Waals surface area contributed by atoms with E-state index in [9.17, 15) is 10.1 Å². The third kappa shape index (κ3) is 2.92. The molecule has 126 valence electrons. The van der Waals surface area contributed by atoms with Crippen molar-refractivity contribution >= 4 is 22.5 Å². The van der Waals surface area contributed by atoms with Crippen LogP contribution in [-0.4, -0.2) is 30.4 Å². The summed E-state index contributed by atoms with van der Waals surface area (Å²) >= 11 is 1.30. The Kier molecular flexibility index (Phi) is 4.63. The molecule has 1 heterocycles. The molecule has 0 amide bonds. The number of aromatic amines is 1. The van der Waals surface area contributed by atoms with Crippen LogP contribution in [-0.2, 0) is 0 Å². The molecule has 6 nitrogen and oxygen atoms in total. The Morgan fingerprint density at radius 3 is 2.60 bits per heavy atom. The number of benzene rings is 2. The maximum absolute atomic E-state index is 12.2. The quantitative estimate of drug-likeness (QED) is 0.572. The first kappa shape index (κ1) is 16.9. The van der Waals surface area contributed by atoms with E-state index in [1.54, 1.807) is 13.4 Å². The minimum atomic E-state index is -0.468. The van der Waals surface area contributed by atoms with Crippen LogP contribution in [0.2, 0.25) is 0 Å². The van der Waals surface area contributed by atoms with E-state index in [1.807, 2.05) is 36.4 Å². The predicted octanol–water partition coefficient (Wildman–Crippen LogP) is 3.20. The SMILES string of the molecule is COc1cc2c(OC)cccc2cc1-c1nc(SC)[nH]c(=O)c1C#N. The molecule has 0 aliphatic carbocycles. The summed E-state index contributed by atoms with van der Waals surface area (Å²) in [6.07, 6.45) is 1.80. The maximum Gasteiger partial charge on any atom is 0.270 e. The summed E-state index contributed by atoms with van der Waals surface area (Å²) in [4.78, 5) is 19.2. The molecular formula is C18H15N3O3S. The number of methoxy groups -OCH3 is 2. The van der Waals surface area contributed by atoms with Gasteiger partial charge in [0.05, 0.1) is 14.2 Å². The fourth-order valence-corrected chi connectivity index (χ4v) is 3.03. The third-order valence-corrected chi connectivity index (χ3v) is 4.42. The lowest BCUT2D eigenvalue weighted by molar-refractivity contribution is 0.413. The van der Waals surface area contributed by atoms with Gasteiger partial charge >= 0.3 is 0 Å². The average molecular weight is 353 g/mol. The van der Waals surface area contributed by atoms with Crippen LogP contribution in [0, 0.1) is 11.3 Å². The fraction of sp³-hybridized carbons (Fsp3) is 0.167. The second kappa shape index (κ2) is 6.87. The largest absolute Gasteiger partial charge is 0.496 e. The highest BCUT2D eigenvalue weighted by molar-refractivity contribution is 7.98. The number of nitrogens with zero attached hydrogens (tertiary/aromatic N) is 2. The molecule has 0 saturated carbocycles. The number of hydrogen-bond donors (Lipinski definition) is 1. The van der Waals surface area contributed by atoms with E-state index in [0.717, 1.165) is 10.8 Å². The average Bonchev–Trinajstić information content (AvgIpc) is 2.65. The van der Waals surface area contributed by atoms with Gasteiger partial charge in [-0.3, -0.25) is 4.79 Å². The van der Waals surface area contributed by atoms with Crippen LogP contribution in [0.25, 0.3) is 22.0 Å². The van der Waals surface area contributed by atoms with E-state index < -0.39 is 5.56 Å². The number of nitrogens with one attached hydrogen (secondary N) is 1. The van der Waals surface area contributed by atoms with Gasteiger partial charge in [0.15, 0.2) is 5.16 Å². The van der Waals surface area contributed by atoms with Gasteiger partial charge in [-0.1, -0.05) is 23.9 Å². The molecule has 0 spiro atoms. The van der Waals surface area contributed by atoms with Crippen LogP contribution in [0.1, 0.15) is 5.56 Å². The van der Waals surface area contributed by atoms with Crippen molar-refractivity contribution in [1.82, 2.24) is 9.97 Å². The number of nitriles is 1. The Morgan fingerprint density at radius 2 is 1.96 bits per heavy atom. The number of aromatic nitrogens is 2. The second-order valence-corrected chi connectivity index (χ2v) is 5.94. The molecular weight excluding hydrogens is 338 g/mol. The highest BCUT2D eigenvalue weighted by atomic mass is 32.2. The van der Waals surface area contributed by atoms with Crippen molar-refractivity contribution in [3.05, 3.63) is 46.2 Å². The predicted molar refractivity (Wildman–Crippen MR) is 97.4 cm³/mol. The summed E-state index contributed by atoms with van der Waals surface area (Å²) in [6, 6.07) is 11.3. The van der Waals surface area contributed by atoms with Crippen molar-refractivity contribution in [2.45, 2.75) is 5.16 Å². The number of rotatable bonds is 4. The third-order valence-electron chi connectivity index (χ3n) is 3.84. The molecule has 0 radical (unpaired) electrons. The summed E-state index contributed by atoms with van der Waals surface area (Å²) in [6.45, 7) is 0. The Hall–Kier alpha value is -2.98. The van der Waals surface area contributed by atoms with Gasteiger partial charge in [-0.25, -0.2) is 4.98 Å². The zero-order valence-electron chi connectivity index (χ0n) is 13.9. The zero-order valence-corrected chi connectivity index (χ0v) is 14.7. The highest BCUT2D eigenvalue weighted by Gasteiger charge is 2.18. The minimum absolute atomic E-state index is 0.0432. The van der Waals surface area contributed by atoms with E-state index in [-0.39, 0.29) is 5.56 Å². The number of thioether (sulfide) groups is 1. The van der Waals surface area contributed by atoms with E-state index in [1.165, 1.54) is 18.9 Å². The standard InChI is InChI=1S/C18H15N3O3S/c1-23-14-6-4-5-10-7-12(15(24-2)8-11(10)14)16-13(9-19)17(22)21-18(20-16)25-3/h4-8H,1-3H3,(H,20,21,22). The molecule has 25 heavy (non-hydrogen) atoms. The van der Waals surface area contributed by atoms with Crippen LogP contribution < -0.4 is 15.0 Å². The molecule has 0 unspecified atom stereocenters. The van der Waals surface area contributed by atoms with Crippen molar-refractivity contribution in [2.75, 3.05) is 20.5 Å². The smallest absolute Gasteiger partial charge is 0.270 e. The maximum atomic E-state index is 12.2. The van der Waals surface area contributed by atoms with Gasteiger partial charge in [0.1, 0.15) is 28.8 Å². The van der Waals surface area contributed by atoms with Gasteiger partial charge in [0.25, 0.3) is 5.56 Å². The number of ether oxygens (including phenoxy) is 2. The molecule has 0 aliphatic heterocycles. The van der Waals surface area contributed by atoms with Crippen molar-refractivity contribution in [1.29, 1.82) is 5.26 Å². The van der Waals surface area contributed by atoms with E-state index in [0.29, 0.717) is 27.9 Å². The van der Waals surface area contributed by atoms with Crippen LogP contribution in [0.5, 0.6) is 11.5 Å². The number of fused-ring (bicyclic) bond motifs is 1. The van der Waals surface area contributed by atoms with Crippen molar-refractivity contribution in [2.24, 2.45) is 0 Å². The fourth-order valence-electron chi connectivity index (χ4n) is 2.66. The van der Waals surface area contributed by atoms with E-state index in [2.05, 4.69) is 9.97 Å². The lowest BCUT2D eigenvalue weighted by Crippen LogP contribution is -2.14. The lowest BCUT2D eigenvalue weighted by atomic mass is 10.0. The summed E-state index contributed by atoms with van der Waals surface area (Å²) in [5, 5.41) is 11.6. The van der Waals surface area contributed by atoms with Crippen LogP contribution in [0.15, 0.2) is 40.3 Å². The van der Waals surface area contributed by atoms with Gasteiger partial charge in [-0.2, -0.15) is 5.26 Å². The Bertz CT molecular complexity index is 1050. The number of H-pyrrole nitrogens is 1. The van der Waals surface area contributed by atoms with Gasteiger partial charge in [0, 0.05) is 10.9 Å². The molecule has 1 N–H and O–H groups in total. The molecule has 0 bridgehead atoms. The Balaban J connectivity index is 2.38. The summed E-state index contributed by atoms with van der Waals surface area (Å²) in [5.41, 5.74) is 0.376. The van der Waals surface area contributed by atoms with Crippen LogP contribution >= 0.6 is 11.8 Å². The van der Waals surface area contributed by atoms with Gasteiger partial charge < -0.3 is 14.5 Å². The minimum Gasteiger partial charge on any atom is -0.496 e. The van der Waals surface area contributed by atoms with Crippen LogP contribution in [0.4, 0.5) is 0 Å². The molecule has 3 rings (SSSR count). The molecule has 0 saturated heterocycles. The van der Waals surface area contributed by atoms with Gasteiger partial charge in [0.2, 0.25) is 0 Å². The van der Waals surface area contributed by atoms with Gasteiger partial charge in [-0.15, -0.1) is 0 Å². The summed E-state index contributed by atoms with van der Waals surface area (Å²) < 4.78 is 10.9. The Labute approximate surface area is 148 Å². The van der Waals surface area contributed by atoms with E-state index >= 15 is 0 Å². The van der Waals surface area contributed by atoms with Crippen molar-refractivity contribution in [3.63, 3.8) is 0 Å². The molecule has 2 aromatic carbocycles. The normalized spacial score (nSPS) is 10.5. The lowest BCUT2D eigenvalue weighted by Gasteiger charge is -2.13. The van der Waals surface area contributed by atoms with Gasteiger partial charge in [-0.05, 0) is 29.8 Å².